The number of benzene rings is 1. The number of nitrogen functional groups attached to an aromatic ring is 1. The Hall–Kier alpha value is -2.47. The smallest absolute Gasteiger partial charge is 0.163 e. The molecule has 3 rings (SSSR count). The molecule has 6 heteroatoms. The second kappa shape index (κ2) is 5.14. The maximum atomic E-state index is 6.00. The van der Waals surface area contributed by atoms with E-state index < -0.39 is 0 Å². The summed E-state index contributed by atoms with van der Waals surface area (Å²) in [6.45, 7) is 2.00. The number of methoxy groups -OCH3 is 1. The first-order valence-electron chi connectivity index (χ1n) is 6.68. The van der Waals surface area contributed by atoms with Crippen molar-refractivity contribution in [2.75, 3.05) is 12.8 Å². The van der Waals surface area contributed by atoms with Crippen LogP contribution in [0.4, 0.5) is 5.82 Å². The zero-order valence-corrected chi connectivity index (χ0v) is 12.2. The Morgan fingerprint density at radius 2 is 2.10 bits per heavy atom. The summed E-state index contributed by atoms with van der Waals surface area (Å²) in [5.74, 6) is 1.03. The SMILES string of the molecule is CO[C@@H](C)c1cccc(-c2nc(N)c3cnn(C)c3n2)c1. The molecule has 0 saturated carbocycles. The van der Waals surface area contributed by atoms with Gasteiger partial charge in [-0.1, -0.05) is 18.2 Å². The van der Waals surface area contributed by atoms with E-state index in [9.17, 15) is 0 Å². The van der Waals surface area contributed by atoms with Crippen molar-refractivity contribution < 1.29 is 4.74 Å². The third-order valence-electron chi connectivity index (χ3n) is 3.59. The number of rotatable bonds is 3. The lowest BCUT2D eigenvalue weighted by atomic mass is 10.1. The maximum Gasteiger partial charge on any atom is 0.163 e. The van der Waals surface area contributed by atoms with E-state index in [0.717, 1.165) is 22.2 Å². The van der Waals surface area contributed by atoms with E-state index in [0.29, 0.717) is 11.6 Å². The first-order valence-corrected chi connectivity index (χ1v) is 6.68. The van der Waals surface area contributed by atoms with Crippen molar-refractivity contribution in [3.05, 3.63) is 36.0 Å². The number of nitrogens with two attached hydrogens (primary N) is 1. The average molecular weight is 283 g/mol. The van der Waals surface area contributed by atoms with Crippen LogP contribution < -0.4 is 5.73 Å². The van der Waals surface area contributed by atoms with Gasteiger partial charge in [-0.2, -0.15) is 5.10 Å². The Morgan fingerprint density at radius 3 is 2.86 bits per heavy atom. The Labute approximate surface area is 122 Å². The Kier molecular flexibility index (Phi) is 3.31. The third-order valence-corrected chi connectivity index (χ3v) is 3.59. The quantitative estimate of drug-likeness (QED) is 0.798. The van der Waals surface area contributed by atoms with Gasteiger partial charge in [0.1, 0.15) is 5.82 Å². The van der Waals surface area contributed by atoms with Crippen LogP contribution in [0.25, 0.3) is 22.4 Å². The normalized spacial score (nSPS) is 12.7. The Bertz CT molecular complexity index is 796. The predicted octanol–water partition coefficient (Wildman–Crippen LogP) is 2.32. The fourth-order valence-corrected chi connectivity index (χ4v) is 2.24. The van der Waals surface area contributed by atoms with Crippen molar-refractivity contribution in [3.63, 3.8) is 0 Å². The summed E-state index contributed by atoms with van der Waals surface area (Å²) in [4.78, 5) is 8.94. The minimum Gasteiger partial charge on any atom is -0.383 e. The van der Waals surface area contributed by atoms with Gasteiger partial charge in [-0.25, -0.2) is 9.97 Å². The summed E-state index contributed by atoms with van der Waals surface area (Å²) in [7, 11) is 3.52. The lowest BCUT2D eigenvalue weighted by Gasteiger charge is -2.11. The summed E-state index contributed by atoms with van der Waals surface area (Å²) in [6, 6.07) is 7.96. The van der Waals surface area contributed by atoms with E-state index in [1.807, 2.05) is 38.2 Å². The van der Waals surface area contributed by atoms with Crippen LogP contribution in [-0.2, 0) is 11.8 Å². The van der Waals surface area contributed by atoms with Crippen molar-refractivity contribution in [3.8, 4) is 11.4 Å². The molecular weight excluding hydrogens is 266 g/mol. The van der Waals surface area contributed by atoms with Crippen molar-refractivity contribution in [1.29, 1.82) is 0 Å². The van der Waals surface area contributed by atoms with E-state index in [1.54, 1.807) is 18.0 Å². The van der Waals surface area contributed by atoms with Crippen molar-refractivity contribution in [1.82, 2.24) is 19.7 Å². The first kappa shape index (κ1) is 13.5. The van der Waals surface area contributed by atoms with Crippen LogP contribution in [0.3, 0.4) is 0 Å². The van der Waals surface area contributed by atoms with Gasteiger partial charge < -0.3 is 10.5 Å². The van der Waals surface area contributed by atoms with Crippen molar-refractivity contribution in [2.24, 2.45) is 7.05 Å². The molecule has 108 valence electrons. The van der Waals surface area contributed by atoms with Crippen LogP contribution in [0.1, 0.15) is 18.6 Å². The lowest BCUT2D eigenvalue weighted by Crippen LogP contribution is -2.01. The fraction of sp³-hybridized carbons (Fsp3) is 0.267. The van der Waals surface area contributed by atoms with Gasteiger partial charge in [-0.05, 0) is 18.6 Å². The van der Waals surface area contributed by atoms with E-state index in [-0.39, 0.29) is 6.10 Å². The minimum absolute atomic E-state index is 0.0164. The molecule has 0 bridgehead atoms. The second-order valence-electron chi connectivity index (χ2n) is 4.94. The molecule has 0 radical (unpaired) electrons. The van der Waals surface area contributed by atoms with E-state index in [4.69, 9.17) is 10.5 Å². The van der Waals surface area contributed by atoms with Gasteiger partial charge in [0.25, 0.3) is 0 Å². The summed E-state index contributed by atoms with van der Waals surface area (Å²) < 4.78 is 7.04. The van der Waals surface area contributed by atoms with Gasteiger partial charge in [0, 0.05) is 19.7 Å². The molecule has 0 amide bonds. The maximum absolute atomic E-state index is 6.00. The Balaban J connectivity index is 2.14. The molecular formula is C15H17N5O. The van der Waals surface area contributed by atoms with Crippen molar-refractivity contribution >= 4 is 16.9 Å². The third kappa shape index (κ3) is 2.34. The van der Waals surface area contributed by atoms with Gasteiger partial charge in [-0.15, -0.1) is 0 Å². The highest BCUT2D eigenvalue weighted by Gasteiger charge is 2.12. The number of nitrogens with zero attached hydrogens (tertiary/aromatic N) is 4. The summed E-state index contributed by atoms with van der Waals surface area (Å²) in [5.41, 5.74) is 8.71. The van der Waals surface area contributed by atoms with E-state index in [1.165, 1.54) is 0 Å². The van der Waals surface area contributed by atoms with Gasteiger partial charge in [0.15, 0.2) is 11.5 Å². The highest BCUT2D eigenvalue weighted by Crippen LogP contribution is 2.25. The van der Waals surface area contributed by atoms with Gasteiger partial charge in [0.2, 0.25) is 0 Å². The molecule has 2 heterocycles. The summed E-state index contributed by atoms with van der Waals surface area (Å²) >= 11 is 0. The average Bonchev–Trinajstić information content (AvgIpc) is 2.88. The molecule has 2 aromatic heterocycles. The monoisotopic (exact) mass is 283 g/mol. The summed E-state index contributed by atoms with van der Waals surface area (Å²) in [5, 5.41) is 4.93. The molecule has 0 fully saturated rings. The number of aromatic nitrogens is 4. The van der Waals surface area contributed by atoms with Crippen LogP contribution >= 0.6 is 0 Å². The van der Waals surface area contributed by atoms with Gasteiger partial charge in [0.05, 0.1) is 17.7 Å². The highest BCUT2D eigenvalue weighted by molar-refractivity contribution is 5.86. The number of hydrogen-bond donors (Lipinski definition) is 1. The first-order chi connectivity index (χ1) is 10.1. The summed E-state index contributed by atoms with van der Waals surface area (Å²) in [6.07, 6.45) is 1.69. The molecule has 2 N–H and O–H groups in total. The topological polar surface area (TPSA) is 78.9 Å². The van der Waals surface area contributed by atoms with Crippen LogP contribution in [0.2, 0.25) is 0 Å². The van der Waals surface area contributed by atoms with Crippen LogP contribution in [0.15, 0.2) is 30.5 Å². The fourth-order valence-electron chi connectivity index (χ4n) is 2.24. The van der Waals surface area contributed by atoms with Crippen LogP contribution in [-0.4, -0.2) is 26.9 Å². The predicted molar refractivity (Wildman–Crippen MR) is 81.6 cm³/mol. The molecule has 0 aliphatic rings. The number of aryl methyl sites for hydroxylation is 1. The molecule has 0 aliphatic carbocycles. The van der Waals surface area contributed by atoms with Crippen LogP contribution in [0, 0.1) is 0 Å². The molecule has 1 atom stereocenters. The number of hydrogen-bond acceptors (Lipinski definition) is 5. The zero-order valence-electron chi connectivity index (χ0n) is 12.2. The van der Waals surface area contributed by atoms with Gasteiger partial charge in [-0.3, -0.25) is 4.68 Å². The van der Waals surface area contributed by atoms with Gasteiger partial charge >= 0.3 is 0 Å². The second-order valence-corrected chi connectivity index (χ2v) is 4.94. The highest BCUT2D eigenvalue weighted by atomic mass is 16.5. The molecule has 1 aromatic carbocycles. The standard InChI is InChI=1S/C15H17N5O/c1-9(21-3)10-5-4-6-11(7-10)14-18-13(16)12-8-17-20(2)15(12)19-14/h4-9H,1-3H3,(H2,16,18,19)/t9-/m0/s1. The molecule has 0 spiro atoms. The molecule has 6 nitrogen and oxygen atoms in total. The van der Waals surface area contributed by atoms with Crippen molar-refractivity contribution in [2.45, 2.75) is 13.0 Å². The largest absolute Gasteiger partial charge is 0.383 e. The molecule has 21 heavy (non-hydrogen) atoms. The number of ether oxygens (including phenoxy) is 1. The minimum atomic E-state index is 0.0164. The molecule has 3 aromatic rings. The number of anilines is 1. The number of fused-ring (bicyclic) bond motifs is 1. The molecule has 0 saturated heterocycles. The molecule has 0 unspecified atom stereocenters. The Morgan fingerprint density at radius 1 is 1.29 bits per heavy atom. The zero-order chi connectivity index (χ0) is 15.0. The van der Waals surface area contributed by atoms with E-state index >= 15 is 0 Å². The van der Waals surface area contributed by atoms with E-state index in [2.05, 4.69) is 15.1 Å². The van der Waals surface area contributed by atoms with Crippen LogP contribution in [0.5, 0.6) is 0 Å². The molecule has 0 aliphatic heterocycles. The lowest BCUT2D eigenvalue weighted by molar-refractivity contribution is 0.119.